The van der Waals surface area contributed by atoms with Crippen LogP contribution < -0.4 is 5.32 Å². The average molecular weight is 140 g/mol. The summed E-state index contributed by atoms with van der Waals surface area (Å²) in [4.78, 5) is 23.9. The van der Waals surface area contributed by atoms with E-state index in [-0.39, 0.29) is 5.91 Å². The van der Waals surface area contributed by atoms with Gasteiger partial charge in [-0.2, -0.15) is 4.99 Å². The fourth-order valence-electron chi connectivity index (χ4n) is 0.943. The lowest BCUT2D eigenvalue weighted by molar-refractivity contribution is -0.123. The second-order valence-electron chi connectivity index (χ2n) is 2.17. The molecule has 54 valence electrons. The van der Waals surface area contributed by atoms with Crippen LogP contribution in [0.5, 0.6) is 0 Å². The van der Waals surface area contributed by atoms with E-state index in [4.69, 9.17) is 0 Å². The Hall–Kier alpha value is -1.15. The van der Waals surface area contributed by atoms with Gasteiger partial charge in [-0.1, -0.05) is 0 Å². The number of nitrogens with one attached hydrogen (secondary N) is 1. The van der Waals surface area contributed by atoms with Crippen LogP contribution in [0.2, 0.25) is 0 Å². The normalized spacial score (nSPS) is 24.8. The Morgan fingerprint density at radius 1 is 1.70 bits per heavy atom. The molecule has 0 aromatic rings. The zero-order chi connectivity index (χ0) is 7.40. The van der Waals surface area contributed by atoms with Crippen LogP contribution in [-0.2, 0) is 9.59 Å². The van der Waals surface area contributed by atoms with E-state index in [1.54, 1.807) is 0 Å². The first kappa shape index (κ1) is 6.96. The molecule has 1 aliphatic heterocycles. The second kappa shape index (κ2) is 3.13. The molecule has 4 heteroatoms. The fourth-order valence-corrected chi connectivity index (χ4v) is 0.943. The van der Waals surface area contributed by atoms with E-state index in [0.717, 1.165) is 6.42 Å². The van der Waals surface area contributed by atoms with Crippen LogP contribution in [0.4, 0.5) is 0 Å². The number of nitrogens with zero attached hydrogens (tertiary/aromatic N) is 1. The largest absolute Gasteiger partial charge is 0.354 e. The second-order valence-corrected chi connectivity index (χ2v) is 2.17. The third-order valence-corrected chi connectivity index (χ3v) is 1.46. The van der Waals surface area contributed by atoms with Gasteiger partial charge in [-0.25, -0.2) is 4.79 Å². The Morgan fingerprint density at radius 3 is 3.10 bits per heavy atom. The van der Waals surface area contributed by atoms with Crippen molar-refractivity contribution < 1.29 is 9.59 Å². The highest BCUT2D eigenvalue weighted by molar-refractivity contribution is 5.83. The van der Waals surface area contributed by atoms with E-state index in [2.05, 4.69) is 10.3 Å². The van der Waals surface area contributed by atoms with Crippen LogP contribution in [0.25, 0.3) is 0 Å². The van der Waals surface area contributed by atoms with Crippen LogP contribution in [0.3, 0.4) is 0 Å². The van der Waals surface area contributed by atoms with Gasteiger partial charge in [-0.15, -0.1) is 0 Å². The molecule has 1 amide bonds. The van der Waals surface area contributed by atoms with E-state index < -0.39 is 6.04 Å². The number of rotatable bonds is 1. The smallest absolute Gasteiger partial charge is 0.245 e. The SMILES string of the molecule is O=C=NC1CCCNC1=O. The van der Waals surface area contributed by atoms with Crippen molar-refractivity contribution in [3.63, 3.8) is 0 Å². The van der Waals surface area contributed by atoms with Crippen molar-refractivity contribution in [2.75, 3.05) is 6.54 Å². The summed E-state index contributed by atoms with van der Waals surface area (Å²) >= 11 is 0. The first-order valence-electron chi connectivity index (χ1n) is 3.19. The Bertz CT molecular complexity index is 184. The maximum Gasteiger partial charge on any atom is 0.245 e. The van der Waals surface area contributed by atoms with E-state index in [0.29, 0.717) is 13.0 Å². The Morgan fingerprint density at radius 2 is 2.50 bits per heavy atom. The van der Waals surface area contributed by atoms with Gasteiger partial charge in [0.15, 0.2) is 0 Å². The molecule has 1 fully saturated rings. The molecule has 1 N–H and O–H groups in total. The van der Waals surface area contributed by atoms with Crippen molar-refractivity contribution in [1.82, 2.24) is 5.32 Å². The molecule has 1 rings (SSSR count). The zero-order valence-corrected chi connectivity index (χ0v) is 5.46. The Kier molecular flexibility index (Phi) is 2.18. The summed E-state index contributed by atoms with van der Waals surface area (Å²) < 4.78 is 0. The lowest BCUT2D eigenvalue weighted by Gasteiger charge is -2.16. The lowest BCUT2D eigenvalue weighted by Crippen LogP contribution is -2.38. The molecular formula is C6H8N2O2. The minimum Gasteiger partial charge on any atom is -0.354 e. The van der Waals surface area contributed by atoms with E-state index in [1.165, 1.54) is 6.08 Å². The van der Waals surface area contributed by atoms with Gasteiger partial charge < -0.3 is 5.32 Å². The molecular weight excluding hydrogens is 132 g/mol. The molecule has 1 aliphatic rings. The number of carbonyl (C=O) groups excluding carboxylic acids is 2. The minimum atomic E-state index is -0.480. The highest BCUT2D eigenvalue weighted by Gasteiger charge is 2.20. The van der Waals surface area contributed by atoms with Gasteiger partial charge in [0.1, 0.15) is 6.04 Å². The number of aliphatic imine (C=N–C) groups is 1. The van der Waals surface area contributed by atoms with E-state index >= 15 is 0 Å². The minimum absolute atomic E-state index is 0.158. The summed E-state index contributed by atoms with van der Waals surface area (Å²) in [5, 5.41) is 2.61. The molecule has 0 aromatic heterocycles. The average Bonchev–Trinajstić information content (AvgIpc) is 1.94. The zero-order valence-electron chi connectivity index (χ0n) is 5.46. The molecule has 0 aromatic carbocycles. The summed E-state index contributed by atoms with van der Waals surface area (Å²) in [7, 11) is 0. The first-order chi connectivity index (χ1) is 4.84. The van der Waals surface area contributed by atoms with Crippen LogP contribution in [0.1, 0.15) is 12.8 Å². The van der Waals surface area contributed by atoms with E-state index in [9.17, 15) is 9.59 Å². The fraction of sp³-hybridized carbons (Fsp3) is 0.667. The highest BCUT2D eigenvalue weighted by atomic mass is 16.2. The Labute approximate surface area is 58.3 Å². The van der Waals surface area contributed by atoms with Crippen molar-refractivity contribution in [1.29, 1.82) is 0 Å². The highest BCUT2D eigenvalue weighted by Crippen LogP contribution is 2.05. The van der Waals surface area contributed by atoms with Crippen molar-refractivity contribution in [3.05, 3.63) is 0 Å². The summed E-state index contributed by atoms with van der Waals surface area (Å²) in [6, 6.07) is -0.480. The van der Waals surface area contributed by atoms with Gasteiger partial charge in [-0.3, -0.25) is 4.79 Å². The van der Waals surface area contributed by atoms with Crippen LogP contribution >= 0.6 is 0 Å². The quantitative estimate of drug-likeness (QED) is 0.398. The summed E-state index contributed by atoms with van der Waals surface area (Å²) in [6.45, 7) is 0.698. The van der Waals surface area contributed by atoms with E-state index in [1.807, 2.05) is 0 Å². The molecule has 4 nitrogen and oxygen atoms in total. The molecule has 1 heterocycles. The maximum atomic E-state index is 10.8. The van der Waals surface area contributed by atoms with Crippen LogP contribution in [0.15, 0.2) is 4.99 Å². The van der Waals surface area contributed by atoms with Gasteiger partial charge in [0.2, 0.25) is 12.0 Å². The number of hydrogen-bond donors (Lipinski definition) is 1. The van der Waals surface area contributed by atoms with Crippen LogP contribution in [-0.4, -0.2) is 24.6 Å². The van der Waals surface area contributed by atoms with Crippen molar-refractivity contribution in [2.45, 2.75) is 18.9 Å². The molecule has 1 unspecified atom stereocenters. The molecule has 0 bridgehead atoms. The number of carbonyl (C=O) groups is 1. The van der Waals surface area contributed by atoms with Crippen molar-refractivity contribution in [3.8, 4) is 0 Å². The predicted octanol–water partition coefficient (Wildman–Crippen LogP) is -0.399. The summed E-state index contributed by atoms with van der Waals surface area (Å²) in [5.74, 6) is -0.158. The summed E-state index contributed by atoms with van der Waals surface area (Å²) in [6.07, 6.45) is 2.94. The number of isocyanates is 1. The molecule has 1 saturated heterocycles. The Balaban J connectivity index is 2.55. The van der Waals surface area contributed by atoms with Gasteiger partial charge in [0.25, 0.3) is 0 Å². The predicted molar refractivity (Wildman–Crippen MR) is 34.2 cm³/mol. The topological polar surface area (TPSA) is 58.5 Å². The lowest BCUT2D eigenvalue weighted by atomic mass is 10.1. The molecule has 10 heavy (non-hydrogen) atoms. The van der Waals surface area contributed by atoms with Gasteiger partial charge in [0, 0.05) is 6.54 Å². The third kappa shape index (κ3) is 1.42. The number of hydrogen-bond acceptors (Lipinski definition) is 3. The monoisotopic (exact) mass is 140 g/mol. The molecule has 1 atom stereocenters. The number of amides is 1. The summed E-state index contributed by atoms with van der Waals surface area (Å²) in [5.41, 5.74) is 0. The molecule has 0 saturated carbocycles. The van der Waals surface area contributed by atoms with Crippen LogP contribution in [0, 0.1) is 0 Å². The molecule has 0 radical (unpaired) electrons. The van der Waals surface area contributed by atoms with Gasteiger partial charge >= 0.3 is 0 Å². The number of piperidine rings is 1. The van der Waals surface area contributed by atoms with Crippen molar-refractivity contribution in [2.24, 2.45) is 4.99 Å². The maximum absolute atomic E-state index is 10.8. The first-order valence-corrected chi connectivity index (χ1v) is 3.19. The van der Waals surface area contributed by atoms with Gasteiger partial charge in [0.05, 0.1) is 0 Å². The molecule has 0 aliphatic carbocycles. The van der Waals surface area contributed by atoms with Gasteiger partial charge in [-0.05, 0) is 12.8 Å². The molecule has 0 spiro atoms. The van der Waals surface area contributed by atoms with Crippen molar-refractivity contribution >= 4 is 12.0 Å². The third-order valence-electron chi connectivity index (χ3n) is 1.46. The standard InChI is InChI=1S/C6H8N2O2/c9-4-8-5-2-1-3-7-6(5)10/h5H,1-3H2,(H,7,10).